The van der Waals surface area contributed by atoms with Crippen molar-refractivity contribution in [3.63, 3.8) is 0 Å². The molecule has 0 bridgehead atoms. The second kappa shape index (κ2) is 4.19. The van der Waals surface area contributed by atoms with E-state index in [4.69, 9.17) is 4.52 Å². The van der Waals surface area contributed by atoms with Crippen LogP contribution < -0.4 is 11.0 Å². The summed E-state index contributed by atoms with van der Waals surface area (Å²) in [6.07, 6.45) is 0. The van der Waals surface area contributed by atoms with Gasteiger partial charge < -0.3 is 9.84 Å². The Balaban J connectivity index is 1.87. The number of aromatic nitrogens is 6. The van der Waals surface area contributed by atoms with Crippen molar-refractivity contribution in [2.75, 3.05) is 5.32 Å². The maximum absolute atomic E-state index is 11.4. The van der Waals surface area contributed by atoms with Gasteiger partial charge in [-0.15, -0.1) is 0 Å². The molecule has 0 saturated carbocycles. The van der Waals surface area contributed by atoms with Crippen molar-refractivity contribution in [2.45, 2.75) is 20.4 Å². The number of rotatable bonds is 3. The van der Waals surface area contributed by atoms with Crippen LogP contribution in [0.2, 0.25) is 0 Å². The third kappa shape index (κ3) is 2.05. The molecule has 0 spiro atoms. The van der Waals surface area contributed by atoms with E-state index in [1.54, 1.807) is 19.9 Å². The number of nitrogens with zero attached hydrogens (tertiary/aromatic N) is 5. The van der Waals surface area contributed by atoms with Crippen molar-refractivity contribution in [3.05, 3.63) is 34.1 Å². The zero-order valence-corrected chi connectivity index (χ0v) is 10.3. The van der Waals surface area contributed by atoms with Crippen molar-refractivity contribution in [2.24, 2.45) is 0 Å². The Labute approximate surface area is 106 Å². The molecule has 98 valence electrons. The molecule has 0 fully saturated rings. The molecule has 9 nitrogen and oxygen atoms in total. The average Bonchev–Trinajstić information content (AvgIpc) is 2.94. The number of hydrogen-bond acceptors (Lipinski definition) is 7. The molecule has 0 aliphatic heterocycles. The van der Waals surface area contributed by atoms with Crippen LogP contribution in [-0.4, -0.2) is 29.7 Å². The minimum atomic E-state index is -0.305. The van der Waals surface area contributed by atoms with E-state index in [0.717, 1.165) is 0 Å². The summed E-state index contributed by atoms with van der Waals surface area (Å²) < 4.78 is 6.26. The fourth-order valence-electron chi connectivity index (χ4n) is 1.77. The zero-order valence-electron chi connectivity index (χ0n) is 10.3. The van der Waals surface area contributed by atoms with Gasteiger partial charge in [0.15, 0.2) is 11.5 Å². The number of nitrogens with one attached hydrogen (secondary N) is 2. The Hall–Kier alpha value is -2.71. The molecule has 0 saturated heterocycles. The number of aromatic amines is 1. The molecule has 0 atom stereocenters. The monoisotopic (exact) mass is 261 g/mol. The van der Waals surface area contributed by atoms with Crippen molar-refractivity contribution < 1.29 is 4.52 Å². The maximum Gasteiger partial charge on any atom is 0.349 e. The highest BCUT2D eigenvalue weighted by atomic mass is 16.5. The Morgan fingerprint density at radius 2 is 2.26 bits per heavy atom. The van der Waals surface area contributed by atoms with Crippen molar-refractivity contribution >= 4 is 11.5 Å². The quantitative estimate of drug-likeness (QED) is 0.683. The molecule has 0 unspecified atom stereocenters. The van der Waals surface area contributed by atoms with Crippen LogP contribution in [0.5, 0.6) is 0 Å². The molecule has 0 amide bonds. The Bertz CT molecular complexity index is 785. The molecule has 3 rings (SSSR count). The summed E-state index contributed by atoms with van der Waals surface area (Å²) in [7, 11) is 0. The molecule has 3 aromatic heterocycles. The third-order valence-electron chi connectivity index (χ3n) is 2.57. The van der Waals surface area contributed by atoms with Crippen LogP contribution >= 0.6 is 0 Å². The van der Waals surface area contributed by atoms with E-state index in [2.05, 4.69) is 30.6 Å². The van der Waals surface area contributed by atoms with Gasteiger partial charge in [-0.2, -0.15) is 10.1 Å². The zero-order chi connectivity index (χ0) is 13.4. The van der Waals surface area contributed by atoms with Gasteiger partial charge in [0.1, 0.15) is 11.6 Å². The topological polar surface area (TPSA) is 114 Å². The van der Waals surface area contributed by atoms with E-state index in [1.807, 2.05) is 0 Å². The minimum Gasteiger partial charge on any atom is -0.362 e. The van der Waals surface area contributed by atoms with Gasteiger partial charge in [0, 0.05) is 13.0 Å². The van der Waals surface area contributed by atoms with E-state index < -0.39 is 0 Å². The third-order valence-corrected chi connectivity index (χ3v) is 2.57. The SMILES string of the molecule is Cc1nc(CNc2cc3n[nH]c(=O)n3c(C)n2)no1. The Kier molecular flexibility index (Phi) is 2.51. The smallest absolute Gasteiger partial charge is 0.349 e. The van der Waals surface area contributed by atoms with Gasteiger partial charge in [0.2, 0.25) is 5.89 Å². The minimum absolute atomic E-state index is 0.305. The summed E-state index contributed by atoms with van der Waals surface area (Å²) in [5.41, 5.74) is 0.199. The van der Waals surface area contributed by atoms with Gasteiger partial charge >= 0.3 is 5.69 Å². The number of H-pyrrole nitrogens is 1. The molecular weight excluding hydrogens is 250 g/mol. The van der Waals surface area contributed by atoms with Gasteiger partial charge in [0.05, 0.1) is 6.54 Å². The van der Waals surface area contributed by atoms with Gasteiger partial charge in [-0.25, -0.2) is 19.3 Å². The summed E-state index contributed by atoms with van der Waals surface area (Å²) in [5.74, 6) is 2.18. The summed E-state index contributed by atoms with van der Waals surface area (Å²) >= 11 is 0. The molecule has 9 heteroatoms. The average molecular weight is 261 g/mol. The molecule has 0 aromatic carbocycles. The molecule has 0 aliphatic carbocycles. The number of fused-ring (bicyclic) bond motifs is 1. The molecule has 3 aromatic rings. The predicted octanol–water partition coefficient (Wildman–Crippen LogP) is 0.0295. The standard InChI is InChI=1S/C10H11N7O2/c1-5-12-7(3-9-14-15-10(18)17(5)9)11-4-8-13-6(2)19-16-8/h3,11H,4H2,1-2H3,(H,15,18). The summed E-state index contributed by atoms with van der Waals surface area (Å²) in [6.45, 7) is 3.84. The second-order valence-corrected chi connectivity index (χ2v) is 3.99. The van der Waals surface area contributed by atoms with Crippen LogP contribution in [0.1, 0.15) is 17.5 Å². The molecule has 2 N–H and O–H groups in total. The van der Waals surface area contributed by atoms with E-state index in [1.165, 1.54) is 4.40 Å². The maximum atomic E-state index is 11.4. The van der Waals surface area contributed by atoms with Crippen LogP contribution in [0.25, 0.3) is 5.65 Å². The van der Waals surface area contributed by atoms with Crippen LogP contribution in [0.4, 0.5) is 5.82 Å². The van der Waals surface area contributed by atoms with E-state index >= 15 is 0 Å². The molecule has 0 radical (unpaired) electrons. The van der Waals surface area contributed by atoms with Gasteiger partial charge in [-0.3, -0.25) is 0 Å². The van der Waals surface area contributed by atoms with Crippen molar-refractivity contribution in [3.8, 4) is 0 Å². The number of hydrogen-bond donors (Lipinski definition) is 2. The van der Waals surface area contributed by atoms with Crippen LogP contribution in [0.3, 0.4) is 0 Å². The molecule has 19 heavy (non-hydrogen) atoms. The van der Waals surface area contributed by atoms with E-state index in [9.17, 15) is 4.79 Å². The van der Waals surface area contributed by atoms with Gasteiger partial charge in [-0.05, 0) is 6.92 Å². The fraction of sp³-hybridized carbons (Fsp3) is 0.300. The van der Waals surface area contributed by atoms with Gasteiger partial charge in [0.25, 0.3) is 0 Å². The molecule has 0 aliphatic rings. The molecular formula is C10H11N7O2. The molecule has 3 heterocycles. The lowest BCUT2D eigenvalue weighted by molar-refractivity contribution is 0.388. The fourth-order valence-corrected chi connectivity index (χ4v) is 1.77. The first-order chi connectivity index (χ1) is 9.13. The van der Waals surface area contributed by atoms with Crippen molar-refractivity contribution in [1.82, 2.24) is 29.7 Å². The lowest BCUT2D eigenvalue weighted by atomic mass is 10.5. The van der Waals surface area contributed by atoms with Crippen molar-refractivity contribution in [1.29, 1.82) is 0 Å². The summed E-state index contributed by atoms with van der Waals surface area (Å²) in [6, 6.07) is 1.66. The highest BCUT2D eigenvalue weighted by Crippen LogP contribution is 2.08. The first-order valence-corrected chi connectivity index (χ1v) is 5.61. The number of anilines is 1. The summed E-state index contributed by atoms with van der Waals surface area (Å²) in [5, 5.41) is 13.1. The second-order valence-electron chi connectivity index (χ2n) is 3.99. The highest BCUT2D eigenvalue weighted by Gasteiger charge is 2.08. The summed E-state index contributed by atoms with van der Waals surface area (Å²) in [4.78, 5) is 19.8. The first-order valence-electron chi connectivity index (χ1n) is 5.61. The van der Waals surface area contributed by atoms with Crippen LogP contribution in [0.15, 0.2) is 15.4 Å². The predicted molar refractivity (Wildman–Crippen MR) is 64.7 cm³/mol. The normalized spacial score (nSPS) is 11.1. The Morgan fingerprint density at radius 3 is 3.00 bits per heavy atom. The largest absolute Gasteiger partial charge is 0.362 e. The highest BCUT2D eigenvalue weighted by molar-refractivity contribution is 5.49. The van der Waals surface area contributed by atoms with Crippen LogP contribution in [-0.2, 0) is 6.54 Å². The lowest BCUT2D eigenvalue weighted by Gasteiger charge is -2.04. The Morgan fingerprint density at radius 1 is 1.42 bits per heavy atom. The van der Waals surface area contributed by atoms with E-state index in [0.29, 0.717) is 35.5 Å². The van der Waals surface area contributed by atoms with Crippen LogP contribution in [0, 0.1) is 13.8 Å². The number of aryl methyl sites for hydroxylation is 2. The van der Waals surface area contributed by atoms with E-state index in [-0.39, 0.29) is 5.69 Å². The lowest BCUT2D eigenvalue weighted by Crippen LogP contribution is -2.14. The first kappa shape index (κ1) is 11.4. The van der Waals surface area contributed by atoms with Gasteiger partial charge in [-0.1, -0.05) is 5.16 Å².